The smallest absolute Gasteiger partial charge is 0.336 e. The second-order valence-electron chi connectivity index (χ2n) is 5.73. The number of benzene rings is 1. The average molecular weight is 251 g/mol. The SMILES string of the molecule is CC1(C)CCN(Cc2cc(F)ccc2C(=O)O)C1. The summed E-state index contributed by atoms with van der Waals surface area (Å²) in [6.07, 6.45) is 1.09. The van der Waals surface area contributed by atoms with Gasteiger partial charge in [-0.3, -0.25) is 4.90 Å². The first-order chi connectivity index (χ1) is 8.37. The van der Waals surface area contributed by atoms with E-state index in [1.807, 2.05) is 0 Å². The van der Waals surface area contributed by atoms with Gasteiger partial charge in [-0.2, -0.15) is 0 Å². The molecular formula is C14H18FNO2. The fourth-order valence-electron chi connectivity index (χ4n) is 2.50. The predicted octanol–water partition coefficient (Wildman–Crippen LogP) is 2.76. The first kappa shape index (κ1) is 13.0. The van der Waals surface area contributed by atoms with Crippen molar-refractivity contribution in [2.45, 2.75) is 26.8 Å². The van der Waals surface area contributed by atoms with Crippen molar-refractivity contribution in [3.63, 3.8) is 0 Å². The molecule has 1 aromatic rings. The van der Waals surface area contributed by atoms with E-state index in [-0.39, 0.29) is 16.8 Å². The number of likely N-dealkylation sites (tertiary alicyclic amines) is 1. The van der Waals surface area contributed by atoms with Gasteiger partial charge in [0, 0.05) is 13.1 Å². The Bertz CT molecular complexity index is 471. The van der Waals surface area contributed by atoms with Crippen LogP contribution in [0.15, 0.2) is 18.2 Å². The maximum absolute atomic E-state index is 13.2. The highest BCUT2D eigenvalue weighted by Crippen LogP contribution is 2.30. The van der Waals surface area contributed by atoms with E-state index in [0.717, 1.165) is 19.5 Å². The Balaban J connectivity index is 2.18. The van der Waals surface area contributed by atoms with E-state index < -0.39 is 5.97 Å². The van der Waals surface area contributed by atoms with Crippen LogP contribution in [0.3, 0.4) is 0 Å². The summed E-state index contributed by atoms with van der Waals surface area (Å²) in [5.41, 5.74) is 1.01. The fourth-order valence-corrected chi connectivity index (χ4v) is 2.50. The number of aromatic carboxylic acids is 1. The summed E-state index contributed by atoms with van der Waals surface area (Å²) in [5, 5.41) is 9.09. The van der Waals surface area contributed by atoms with Gasteiger partial charge in [-0.05, 0) is 42.1 Å². The minimum atomic E-state index is -0.997. The van der Waals surface area contributed by atoms with Gasteiger partial charge < -0.3 is 5.11 Å². The van der Waals surface area contributed by atoms with Crippen molar-refractivity contribution in [2.24, 2.45) is 5.41 Å². The third kappa shape index (κ3) is 2.88. The van der Waals surface area contributed by atoms with Gasteiger partial charge in [-0.15, -0.1) is 0 Å². The van der Waals surface area contributed by atoms with E-state index in [1.165, 1.54) is 18.2 Å². The molecule has 0 spiro atoms. The minimum Gasteiger partial charge on any atom is -0.478 e. The number of carboxylic acid groups (broad SMARTS) is 1. The quantitative estimate of drug-likeness (QED) is 0.898. The predicted molar refractivity (Wildman–Crippen MR) is 67.0 cm³/mol. The molecule has 18 heavy (non-hydrogen) atoms. The maximum atomic E-state index is 13.2. The lowest BCUT2D eigenvalue weighted by Crippen LogP contribution is -2.24. The Kier molecular flexibility index (Phi) is 3.39. The van der Waals surface area contributed by atoms with Crippen molar-refractivity contribution < 1.29 is 14.3 Å². The van der Waals surface area contributed by atoms with E-state index in [4.69, 9.17) is 5.11 Å². The summed E-state index contributed by atoms with van der Waals surface area (Å²) >= 11 is 0. The third-order valence-corrected chi connectivity index (χ3v) is 3.45. The third-order valence-electron chi connectivity index (χ3n) is 3.45. The van der Waals surface area contributed by atoms with Gasteiger partial charge in [0.1, 0.15) is 5.82 Å². The number of nitrogens with zero attached hydrogens (tertiary/aromatic N) is 1. The molecule has 2 rings (SSSR count). The van der Waals surface area contributed by atoms with Gasteiger partial charge >= 0.3 is 5.97 Å². The first-order valence-electron chi connectivity index (χ1n) is 6.11. The van der Waals surface area contributed by atoms with E-state index >= 15 is 0 Å². The minimum absolute atomic E-state index is 0.195. The molecular weight excluding hydrogens is 233 g/mol. The summed E-state index contributed by atoms with van der Waals surface area (Å²) in [7, 11) is 0. The number of hydrogen-bond acceptors (Lipinski definition) is 2. The first-order valence-corrected chi connectivity index (χ1v) is 6.11. The van der Waals surface area contributed by atoms with Gasteiger partial charge in [0.2, 0.25) is 0 Å². The fraction of sp³-hybridized carbons (Fsp3) is 0.500. The summed E-state index contributed by atoms with van der Waals surface area (Å²) in [6.45, 7) is 6.74. The van der Waals surface area contributed by atoms with Crippen LogP contribution in [0.5, 0.6) is 0 Å². The second kappa shape index (κ2) is 4.69. The average Bonchev–Trinajstić information content (AvgIpc) is 2.57. The highest BCUT2D eigenvalue weighted by molar-refractivity contribution is 5.89. The van der Waals surface area contributed by atoms with Gasteiger partial charge in [0.15, 0.2) is 0 Å². The Morgan fingerprint density at radius 2 is 2.22 bits per heavy atom. The largest absolute Gasteiger partial charge is 0.478 e. The van der Waals surface area contributed by atoms with Crippen molar-refractivity contribution in [1.82, 2.24) is 4.90 Å². The zero-order valence-corrected chi connectivity index (χ0v) is 10.7. The van der Waals surface area contributed by atoms with E-state index in [9.17, 15) is 9.18 Å². The van der Waals surface area contributed by atoms with Crippen molar-refractivity contribution in [2.75, 3.05) is 13.1 Å². The lowest BCUT2D eigenvalue weighted by molar-refractivity contribution is 0.0694. The van der Waals surface area contributed by atoms with Gasteiger partial charge in [-0.1, -0.05) is 13.8 Å². The molecule has 98 valence electrons. The zero-order chi connectivity index (χ0) is 13.3. The summed E-state index contributed by atoms with van der Waals surface area (Å²) in [5.74, 6) is -1.38. The molecule has 0 saturated carbocycles. The van der Waals surface area contributed by atoms with Crippen LogP contribution in [0.2, 0.25) is 0 Å². The monoisotopic (exact) mass is 251 g/mol. The molecule has 1 aliphatic rings. The number of hydrogen-bond donors (Lipinski definition) is 1. The summed E-state index contributed by atoms with van der Waals surface area (Å²) < 4.78 is 13.2. The standard InChI is InChI=1S/C14H18FNO2/c1-14(2)5-6-16(9-14)8-10-7-11(15)3-4-12(10)13(17)18/h3-4,7H,5-6,8-9H2,1-2H3,(H,17,18). The van der Waals surface area contributed by atoms with Crippen LogP contribution in [0.25, 0.3) is 0 Å². The molecule has 0 bridgehead atoms. The van der Waals surface area contributed by atoms with E-state index in [1.54, 1.807) is 0 Å². The van der Waals surface area contributed by atoms with Gasteiger partial charge in [-0.25, -0.2) is 9.18 Å². The van der Waals surface area contributed by atoms with Crippen LogP contribution < -0.4 is 0 Å². The topological polar surface area (TPSA) is 40.5 Å². The molecule has 4 heteroatoms. The van der Waals surface area contributed by atoms with Gasteiger partial charge in [0.25, 0.3) is 0 Å². The number of halogens is 1. The number of carbonyl (C=O) groups is 1. The normalized spacial score (nSPS) is 19.1. The molecule has 0 atom stereocenters. The van der Waals surface area contributed by atoms with Crippen molar-refractivity contribution >= 4 is 5.97 Å². The van der Waals surface area contributed by atoms with Crippen LogP contribution >= 0.6 is 0 Å². The lowest BCUT2D eigenvalue weighted by atomic mass is 9.93. The van der Waals surface area contributed by atoms with Crippen LogP contribution in [-0.2, 0) is 6.54 Å². The zero-order valence-electron chi connectivity index (χ0n) is 10.7. The molecule has 3 nitrogen and oxygen atoms in total. The van der Waals surface area contributed by atoms with Crippen molar-refractivity contribution in [3.05, 3.63) is 35.1 Å². The number of rotatable bonds is 3. The molecule has 0 amide bonds. The molecule has 0 unspecified atom stereocenters. The van der Waals surface area contributed by atoms with Crippen molar-refractivity contribution in [3.8, 4) is 0 Å². The van der Waals surface area contributed by atoms with Gasteiger partial charge in [0.05, 0.1) is 5.56 Å². The Hall–Kier alpha value is -1.42. The van der Waals surface area contributed by atoms with Crippen LogP contribution in [-0.4, -0.2) is 29.1 Å². The van der Waals surface area contributed by atoms with E-state index in [0.29, 0.717) is 12.1 Å². The molecule has 0 aromatic heterocycles. The molecule has 1 N–H and O–H groups in total. The van der Waals surface area contributed by atoms with Crippen molar-refractivity contribution in [1.29, 1.82) is 0 Å². The molecule has 0 aliphatic carbocycles. The summed E-state index contributed by atoms with van der Waals surface area (Å²) in [4.78, 5) is 13.3. The Labute approximate surface area is 106 Å². The van der Waals surface area contributed by atoms with Crippen LogP contribution in [0.4, 0.5) is 4.39 Å². The Morgan fingerprint density at radius 1 is 1.50 bits per heavy atom. The Morgan fingerprint density at radius 3 is 2.78 bits per heavy atom. The van der Waals surface area contributed by atoms with Crippen LogP contribution in [0.1, 0.15) is 36.2 Å². The second-order valence-corrected chi connectivity index (χ2v) is 5.73. The number of carboxylic acids is 1. The lowest BCUT2D eigenvalue weighted by Gasteiger charge is -2.20. The molecule has 1 saturated heterocycles. The molecule has 1 aliphatic heterocycles. The highest BCUT2D eigenvalue weighted by atomic mass is 19.1. The van der Waals surface area contributed by atoms with E-state index in [2.05, 4.69) is 18.7 Å². The maximum Gasteiger partial charge on any atom is 0.336 e. The van der Waals surface area contributed by atoms with Crippen LogP contribution in [0, 0.1) is 11.2 Å². The summed E-state index contributed by atoms with van der Waals surface area (Å²) in [6, 6.07) is 3.86. The molecule has 0 radical (unpaired) electrons. The molecule has 1 fully saturated rings. The highest BCUT2D eigenvalue weighted by Gasteiger charge is 2.29. The molecule has 1 aromatic carbocycles. The molecule has 1 heterocycles.